The Balaban J connectivity index is 1.74. The number of hydrogen-bond donors (Lipinski definition) is 1. The van der Waals surface area contributed by atoms with E-state index in [1.807, 2.05) is 30.3 Å². The van der Waals surface area contributed by atoms with Gasteiger partial charge in [-0.15, -0.1) is 0 Å². The van der Waals surface area contributed by atoms with Crippen LogP contribution in [-0.4, -0.2) is 14.9 Å². The molecule has 0 aliphatic heterocycles. The van der Waals surface area contributed by atoms with Gasteiger partial charge in [0.2, 0.25) is 5.88 Å². The maximum Gasteiger partial charge on any atom is 0.435 e. The lowest BCUT2D eigenvalue weighted by Crippen LogP contribution is -2.07. The van der Waals surface area contributed by atoms with E-state index < -0.39 is 17.8 Å². The van der Waals surface area contributed by atoms with Gasteiger partial charge < -0.3 is 9.84 Å². The number of halogens is 3. The molecule has 7 heteroatoms. The highest BCUT2D eigenvalue weighted by Crippen LogP contribution is 2.31. The van der Waals surface area contributed by atoms with Gasteiger partial charge in [-0.2, -0.15) is 18.3 Å². The molecule has 1 heterocycles. The molecule has 0 fully saturated rings. The van der Waals surface area contributed by atoms with Crippen LogP contribution in [0.25, 0.3) is 5.69 Å². The molecule has 0 aliphatic rings. The number of ether oxygens (including phenoxy) is 1. The smallest absolute Gasteiger partial charge is 0.435 e. The van der Waals surface area contributed by atoms with Gasteiger partial charge in [0.15, 0.2) is 5.69 Å². The summed E-state index contributed by atoms with van der Waals surface area (Å²) in [6, 6.07) is 16.4. The summed E-state index contributed by atoms with van der Waals surface area (Å²) >= 11 is 0. The minimum absolute atomic E-state index is 0.301. The van der Waals surface area contributed by atoms with E-state index in [0.717, 1.165) is 10.2 Å². The molecule has 24 heavy (non-hydrogen) atoms. The summed E-state index contributed by atoms with van der Waals surface area (Å²) in [5.74, 6) is -0.0226. The Morgan fingerprint density at radius 2 is 1.67 bits per heavy atom. The summed E-state index contributed by atoms with van der Waals surface area (Å²) < 4.78 is 44.3. The van der Waals surface area contributed by atoms with Crippen molar-refractivity contribution in [2.75, 3.05) is 0 Å². The minimum Gasteiger partial charge on any atom is -0.493 e. The van der Waals surface area contributed by atoms with Crippen LogP contribution in [0.3, 0.4) is 0 Å². The largest absolute Gasteiger partial charge is 0.493 e. The van der Waals surface area contributed by atoms with Crippen molar-refractivity contribution in [2.45, 2.75) is 12.8 Å². The lowest BCUT2D eigenvalue weighted by atomic mass is 10.2. The summed E-state index contributed by atoms with van der Waals surface area (Å²) in [6.07, 6.45) is -4.61. The lowest BCUT2D eigenvalue weighted by Gasteiger charge is -2.08. The second-order valence-corrected chi connectivity index (χ2v) is 5.07. The normalized spacial score (nSPS) is 11.5. The lowest BCUT2D eigenvalue weighted by molar-refractivity contribution is -0.141. The monoisotopic (exact) mass is 334 g/mol. The zero-order chi connectivity index (χ0) is 17.2. The number of aromatic nitrogens is 2. The van der Waals surface area contributed by atoms with Gasteiger partial charge in [0.05, 0.1) is 5.69 Å². The predicted octanol–water partition coefficient (Wildman–Crippen LogP) is 4.18. The van der Waals surface area contributed by atoms with Crippen LogP contribution in [0.2, 0.25) is 0 Å². The Morgan fingerprint density at radius 1 is 1.00 bits per heavy atom. The average molecular weight is 334 g/mol. The van der Waals surface area contributed by atoms with Crippen molar-refractivity contribution >= 4 is 0 Å². The molecule has 0 saturated heterocycles. The third-order valence-corrected chi connectivity index (χ3v) is 3.31. The van der Waals surface area contributed by atoms with Crippen molar-refractivity contribution in [3.8, 4) is 17.3 Å². The Kier molecular flexibility index (Phi) is 4.16. The van der Waals surface area contributed by atoms with E-state index in [1.54, 1.807) is 12.1 Å². The number of benzene rings is 2. The van der Waals surface area contributed by atoms with Gasteiger partial charge in [0.1, 0.15) is 12.4 Å². The number of aromatic hydroxyl groups is 1. The summed E-state index contributed by atoms with van der Waals surface area (Å²) in [6.45, 7) is 0.380. The zero-order valence-corrected chi connectivity index (χ0v) is 12.4. The highest BCUT2D eigenvalue weighted by Gasteiger charge is 2.35. The number of nitrogens with zero attached hydrogens (tertiary/aromatic N) is 2. The summed E-state index contributed by atoms with van der Waals surface area (Å²) in [4.78, 5) is 0. The van der Waals surface area contributed by atoms with Crippen LogP contribution in [0.5, 0.6) is 11.6 Å². The van der Waals surface area contributed by atoms with Crippen molar-refractivity contribution in [3.63, 3.8) is 0 Å². The molecule has 124 valence electrons. The molecule has 3 aromatic rings. The Labute approximate surface area is 135 Å². The van der Waals surface area contributed by atoms with Gasteiger partial charge in [0, 0.05) is 6.07 Å². The van der Waals surface area contributed by atoms with Crippen molar-refractivity contribution in [1.82, 2.24) is 9.78 Å². The molecule has 0 radical (unpaired) electrons. The molecule has 0 aliphatic carbocycles. The van der Waals surface area contributed by atoms with Crippen LogP contribution in [0.15, 0.2) is 60.7 Å². The van der Waals surface area contributed by atoms with Crippen molar-refractivity contribution in [2.24, 2.45) is 0 Å². The molecule has 0 spiro atoms. The molecule has 1 N–H and O–H groups in total. The molecule has 1 aromatic heterocycles. The van der Waals surface area contributed by atoms with Gasteiger partial charge >= 0.3 is 6.18 Å². The molecular formula is C17H13F3N2O2. The van der Waals surface area contributed by atoms with E-state index in [2.05, 4.69) is 5.10 Å². The molecule has 0 unspecified atom stereocenters. The first-order valence-electron chi connectivity index (χ1n) is 7.07. The quantitative estimate of drug-likeness (QED) is 0.779. The first kappa shape index (κ1) is 15.9. The molecule has 0 atom stereocenters. The van der Waals surface area contributed by atoms with Gasteiger partial charge in [-0.1, -0.05) is 30.3 Å². The van der Waals surface area contributed by atoms with E-state index >= 15 is 0 Å². The Bertz CT molecular complexity index is 812. The van der Waals surface area contributed by atoms with Crippen molar-refractivity contribution < 1.29 is 23.0 Å². The number of hydrogen-bond acceptors (Lipinski definition) is 3. The second kappa shape index (κ2) is 6.27. The topological polar surface area (TPSA) is 47.3 Å². The number of alkyl halides is 3. The zero-order valence-electron chi connectivity index (χ0n) is 12.4. The Hall–Kier alpha value is -2.96. The standard InChI is InChI=1S/C17H13F3N2O2/c18-17(19,20)15-10-16(23)22(21-15)13-6-8-14(9-7-13)24-11-12-4-2-1-3-5-12/h1-10,23H,11H2. The van der Waals surface area contributed by atoms with E-state index in [0.29, 0.717) is 24.1 Å². The molecule has 0 saturated carbocycles. The third-order valence-electron chi connectivity index (χ3n) is 3.31. The van der Waals surface area contributed by atoms with Crippen LogP contribution in [0, 0.1) is 0 Å². The fourth-order valence-corrected chi connectivity index (χ4v) is 2.12. The molecule has 2 aromatic carbocycles. The van der Waals surface area contributed by atoms with Crippen LogP contribution < -0.4 is 4.74 Å². The molecule has 0 bridgehead atoms. The third kappa shape index (κ3) is 3.51. The minimum atomic E-state index is -4.61. The molecule has 4 nitrogen and oxygen atoms in total. The SMILES string of the molecule is Oc1cc(C(F)(F)F)nn1-c1ccc(OCc2ccccc2)cc1. The maximum atomic E-state index is 12.6. The van der Waals surface area contributed by atoms with Crippen molar-refractivity contribution in [3.05, 3.63) is 71.9 Å². The van der Waals surface area contributed by atoms with E-state index in [4.69, 9.17) is 4.74 Å². The van der Waals surface area contributed by atoms with Gasteiger partial charge in [-0.05, 0) is 29.8 Å². The predicted molar refractivity (Wildman–Crippen MR) is 81.0 cm³/mol. The van der Waals surface area contributed by atoms with E-state index in [-0.39, 0.29) is 0 Å². The number of rotatable bonds is 4. The van der Waals surface area contributed by atoms with Crippen LogP contribution in [0.1, 0.15) is 11.3 Å². The summed E-state index contributed by atoms with van der Waals surface area (Å²) in [5.41, 5.74) is 0.153. The maximum absolute atomic E-state index is 12.6. The summed E-state index contributed by atoms with van der Waals surface area (Å²) in [7, 11) is 0. The fourth-order valence-electron chi connectivity index (χ4n) is 2.12. The van der Waals surface area contributed by atoms with Crippen LogP contribution in [0.4, 0.5) is 13.2 Å². The van der Waals surface area contributed by atoms with E-state index in [9.17, 15) is 18.3 Å². The molecule has 3 rings (SSSR count). The first-order valence-corrected chi connectivity index (χ1v) is 7.07. The van der Waals surface area contributed by atoms with Gasteiger partial charge in [-0.25, -0.2) is 4.68 Å². The van der Waals surface area contributed by atoms with Crippen LogP contribution >= 0.6 is 0 Å². The fraction of sp³-hybridized carbons (Fsp3) is 0.118. The summed E-state index contributed by atoms with van der Waals surface area (Å²) in [5, 5.41) is 13.0. The Morgan fingerprint density at radius 3 is 2.25 bits per heavy atom. The average Bonchev–Trinajstić information content (AvgIpc) is 2.97. The van der Waals surface area contributed by atoms with E-state index in [1.165, 1.54) is 12.1 Å². The molecule has 0 amide bonds. The second-order valence-electron chi connectivity index (χ2n) is 5.07. The first-order chi connectivity index (χ1) is 11.4. The highest BCUT2D eigenvalue weighted by atomic mass is 19.4. The van der Waals surface area contributed by atoms with Gasteiger partial charge in [-0.3, -0.25) is 0 Å². The van der Waals surface area contributed by atoms with Crippen LogP contribution in [-0.2, 0) is 12.8 Å². The van der Waals surface area contributed by atoms with Gasteiger partial charge in [0.25, 0.3) is 0 Å². The molecular weight excluding hydrogens is 321 g/mol. The van der Waals surface area contributed by atoms with Crippen molar-refractivity contribution in [1.29, 1.82) is 0 Å². The highest BCUT2D eigenvalue weighted by molar-refractivity contribution is 5.40.